The number of nitrogens with zero attached hydrogens (tertiary/aromatic N) is 4. The molecule has 0 unspecified atom stereocenters. The van der Waals surface area contributed by atoms with Gasteiger partial charge in [-0.05, 0) is 42.8 Å². The topological polar surface area (TPSA) is 72.7 Å². The third-order valence-electron chi connectivity index (χ3n) is 3.56. The Balaban J connectivity index is 1.93. The van der Waals surface area contributed by atoms with Gasteiger partial charge in [-0.15, -0.1) is 10.2 Å². The first kappa shape index (κ1) is 18.4. The Morgan fingerprint density at radius 1 is 1.15 bits per heavy atom. The van der Waals surface area contributed by atoms with E-state index >= 15 is 0 Å². The Bertz CT molecular complexity index is 867. The maximum Gasteiger partial charge on any atom is 0.230 e. The van der Waals surface area contributed by atoms with Gasteiger partial charge in [0, 0.05) is 35.2 Å². The molecule has 8 heteroatoms. The summed E-state index contributed by atoms with van der Waals surface area (Å²) in [6.45, 7) is 2.69. The van der Waals surface area contributed by atoms with Crippen LogP contribution in [-0.4, -0.2) is 38.0 Å². The van der Waals surface area contributed by atoms with E-state index in [2.05, 4.69) is 20.5 Å². The van der Waals surface area contributed by atoms with Crippen molar-refractivity contribution in [2.75, 3.05) is 12.3 Å². The molecule has 1 N–H and O–H groups in total. The van der Waals surface area contributed by atoms with Gasteiger partial charge in [0.25, 0.3) is 0 Å². The molecule has 2 aromatic heterocycles. The molecule has 134 valence electrons. The first-order chi connectivity index (χ1) is 12.7. The number of aromatic nitrogens is 4. The number of hydrogen-bond donors (Lipinski definition) is 1. The van der Waals surface area contributed by atoms with Crippen LogP contribution in [0, 0.1) is 0 Å². The lowest BCUT2D eigenvalue weighted by molar-refractivity contribution is -0.118. The second-order valence-corrected chi connectivity index (χ2v) is 6.87. The Hall–Kier alpha value is -2.38. The van der Waals surface area contributed by atoms with Crippen molar-refractivity contribution < 1.29 is 4.79 Å². The van der Waals surface area contributed by atoms with Crippen LogP contribution in [0.3, 0.4) is 0 Å². The van der Waals surface area contributed by atoms with Gasteiger partial charge in [0.2, 0.25) is 5.91 Å². The third kappa shape index (κ3) is 4.42. The predicted molar refractivity (Wildman–Crippen MR) is 104 cm³/mol. The van der Waals surface area contributed by atoms with Crippen molar-refractivity contribution in [2.24, 2.45) is 0 Å². The van der Waals surface area contributed by atoms with Crippen LogP contribution in [-0.2, 0) is 4.79 Å². The van der Waals surface area contributed by atoms with Gasteiger partial charge in [0.1, 0.15) is 0 Å². The summed E-state index contributed by atoms with van der Waals surface area (Å²) in [5.74, 6) is 0.946. The maximum absolute atomic E-state index is 11.9. The van der Waals surface area contributed by atoms with Crippen molar-refractivity contribution in [1.82, 2.24) is 25.1 Å². The second-order valence-electron chi connectivity index (χ2n) is 5.49. The molecule has 0 atom stereocenters. The minimum Gasteiger partial charge on any atom is -0.355 e. The van der Waals surface area contributed by atoms with Gasteiger partial charge in [-0.1, -0.05) is 30.3 Å². The molecular weight excluding hydrogens is 370 g/mol. The monoisotopic (exact) mass is 387 g/mol. The number of thioether (sulfide) groups is 1. The number of amides is 1. The average molecular weight is 388 g/mol. The predicted octanol–water partition coefficient (Wildman–Crippen LogP) is 3.60. The van der Waals surface area contributed by atoms with E-state index in [-0.39, 0.29) is 11.7 Å². The average Bonchev–Trinajstić information content (AvgIpc) is 3.10. The molecule has 0 saturated carbocycles. The highest BCUT2D eigenvalue weighted by Crippen LogP contribution is 2.28. The van der Waals surface area contributed by atoms with Crippen LogP contribution in [0.4, 0.5) is 0 Å². The number of nitrogens with one attached hydrogen (secondary N) is 1. The second kappa shape index (κ2) is 8.82. The highest BCUT2D eigenvalue weighted by molar-refractivity contribution is 7.99. The van der Waals surface area contributed by atoms with Gasteiger partial charge < -0.3 is 5.32 Å². The summed E-state index contributed by atoms with van der Waals surface area (Å²) in [5, 5.41) is 12.8. The number of hydrogen-bond acceptors (Lipinski definition) is 5. The highest BCUT2D eigenvalue weighted by atomic mass is 35.5. The molecule has 26 heavy (non-hydrogen) atoms. The normalized spacial score (nSPS) is 10.7. The SMILES string of the molecule is CCCNC(=O)CSc1nnc(-c2ccncc2)n1-c1ccc(Cl)cc1. The van der Waals surface area contributed by atoms with Crippen molar-refractivity contribution in [1.29, 1.82) is 0 Å². The molecule has 0 aliphatic heterocycles. The van der Waals surface area contributed by atoms with E-state index in [4.69, 9.17) is 11.6 Å². The molecule has 0 spiro atoms. The molecule has 1 aromatic carbocycles. The fraction of sp³-hybridized carbons (Fsp3) is 0.222. The maximum atomic E-state index is 11.9. The Morgan fingerprint density at radius 3 is 2.58 bits per heavy atom. The van der Waals surface area contributed by atoms with Crippen molar-refractivity contribution in [2.45, 2.75) is 18.5 Å². The summed E-state index contributed by atoms with van der Waals surface area (Å²) in [6, 6.07) is 11.2. The quantitative estimate of drug-likeness (QED) is 0.627. The lowest BCUT2D eigenvalue weighted by Gasteiger charge is -2.10. The van der Waals surface area contributed by atoms with Crippen molar-refractivity contribution in [3.63, 3.8) is 0 Å². The molecule has 0 saturated heterocycles. The number of rotatable bonds is 7. The van der Waals surface area contributed by atoms with Gasteiger partial charge in [-0.2, -0.15) is 0 Å². The number of pyridine rings is 1. The molecule has 0 aliphatic rings. The van der Waals surface area contributed by atoms with E-state index in [1.165, 1.54) is 11.8 Å². The van der Waals surface area contributed by atoms with Crippen LogP contribution in [0.2, 0.25) is 5.02 Å². The lowest BCUT2D eigenvalue weighted by atomic mass is 10.2. The molecule has 0 fully saturated rings. The molecular formula is C18H18ClN5OS. The summed E-state index contributed by atoms with van der Waals surface area (Å²) >= 11 is 7.36. The molecule has 0 radical (unpaired) electrons. The van der Waals surface area contributed by atoms with Gasteiger partial charge >= 0.3 is 0 Å². The van der Waals surface area contributed by atoms with Crippen molar-refractivity contribution in [3.8, 4) is 17.1 Å². The van der Waals surface area contributed by atoms with Crippen LogP contribution < -0.4 is 5.32 Å². The first-order valence-electron chi connectivity index (χ1n) is 8.20. The van der Waals surface area contributed by atoms with Gasteiger partial charge in [-0.25, -0.2) is 0 Å². The van der Waals surface area contributed by atoms with Crippen molar-refractivity contribution >= 4 is 29.3 Å². The summed E-state index contributed by atoms with van der Waals surface area (Å²) in [6.07, 6.45) is 4.33. The fourth-order valence-electron chi connectivity index (χ4n) is 2.32. The van der Waals surface area contributed by atoms with Crippen LogP contribution in [0.15, 0.2) is 53.9 Å². The van der Waals surface area contributed by atoms with Crippen LogP contribution >= 0.6 is 23.4 Å². The smallest absolute Gasteiger partial charge is 0.230 e. The minimum absolute atomic E-state index is 0.0204. The zero-order valence-electron chi connectivity index (χ0n) is 14.2. The standard InChI is InChI=1S/C18H18ClN5OS/c1-2-9-21-16(25)12-26-18-23-22-17(13-7-10-20-11-8-13)24(18)15-5-3-14(19)4-6-15/h3-8,10-11H,2,9,12H2,1H3,(H,21,25). The van der Waals surface area contributed by atoms with E-state index in [0.717, 1.165) is 17.7 Å². The molecule has 3 aromatic rings. The molecule has 1 amide bonds. The van der Waals surface area contributed by atoms with Crippen LogP contribution in [0.5, 0.6) is 0 Å². The molecule has 0 aliphatic carbocycles. The van der Waals surface area contributed by atoms with E-state index in [1.54, 1.807) is 12.4 Å². The van der Waals surface area contributed by atoms with Gasteiger partial charge in [0.05, 0.1) is 5.75 Å². The Labute approximate surface area is 161 Å². The van der Waals surface area contributed by atoms with E-state index in [0.29, 0.717) is 22.5 Å². The Kier molecular flexibility index (Phi) is 6.25. The number of carbonyl (C=O) groups excluding carboxylic acids is 1. The van der Waals surface area contributed by atoms with Gasteiger partial charge in [0.15, 0.2) is 11.0 Å². The van der Waals surface area contributed by atoms with Crippen molar-refractivity contribution in [3.05, 3.63) is 53.8 Å². The fourth-order valence-corrected chi connectivity index (χ4v) is 3.23. The summed E-state index contributed by atoms with van der Waals surface area (Å²) < 4.78 is 1.92. The summed E-state index contributed by atoms with van der Waals surface area (Å²) in [7, 11) is 0. The largest absolute Gasteiger partial charge is 0.355 e. The van der Waals surface area contributed by atoms with Crippen LogP contribution in [0.25, 0.3) is 17.1 Å². The number of benzene rings is 1. The molecule has 0 bridgehead atoms. The third-order valence-corrected chi connectivity index (χ3v) is 4.74. The first-order valence-corrected chi connectivity index (χ1v) is 9.56. The lowest BCUT2D eigenvalue weighted by Crippen LogP contribution is -2.25. The van der Waals surface area contributed by atoms with Gasteiger partial charge in [-0.3, -0.25) is 14.3 Å². The number of halogens is 1. The minimum atomic E-state index is -0.0204. The zero-order chi connectivity index (χ0) is 18.4. The Morgan fingerprint density at radius 2 is 1.88 bits per heavy atom. The zero-order valence-corrected chi connectivity index (χ0v) is 15.8. The molecule has 3 rings (SSSR count). The summed E-state index contributed by atoms with van der Waals surface area (Å²) in [5.41, 5.74) is 1.77. The molecule has 2 heterocycles. The van der Waals surface area contributed by atoms with E-state index in [9.17, 15) is 4.79 Å². The highest BCUT2D eigenvalue weighted by Gasteiger charge is 2.17. The van der Waals surface area contributed by atoms with E-state index in [1.807, 2.05) is 47.9 Å². The van der Waals surface area contributed by atoms with Crippen LogP contribution in [0.1, 0.15) is 13.3 Å². The van der Waals surface area contributed by atoms with E-state index < -0.39 is 0 Å². The number of carbonyl (C=O) groups is 1. The molecule has 6 nitrogen and oxygen atoms in total. The summed E-state index contributed by atoms with van der Waals surface area (Å²) in [4.78, 5) is 16.0.